The van der Waals surface area contributed by atoms with Gasteiger partial charge in [0.05, 0.1) is 10.2 Å². The summed E-state index contributed by atoms with van der Waals surface area (Å²) in [6.45, 7) is 4.93. The molecule has 4 heteroatoms. The zero-order chi connectivity index (χ0) is 10.6. The first-order chi connectivity index (χ1) is 6.58. The Balaban J connectivity index is 2.34. The molecule has 1 aromatic heterocycles. The van der Waals surface area contributed by atoms with Crippen LogP contribution in [0.25, 0.3) is 0 Å². The molecule has 0 atom stereocenters. The molecule has 14 heavy (non-hydrogen) atoms. The van der Waals surface area contributed by atoms with Gasteiger partial charge < -0.3 is 5.32 Å². The minimum atomic E-state index is 0.105. The molecule has 0 aliphatic rings. The molecule has 0 unspecified atom stereocenters. The molecule has 1 rings (SSSR count). The van der Waals surface area contributed by atoms with E-state index in [4.69, 9.17) is 0 Å². The summed E-state index contributed by atoms with van der Waals surface area (Å²) in [6.07, 6.45) is 0.489. The number of amides is 1. The van der Waals surface area contributed by atoms with Crippen molar-refractivity contribution in [2.24, 2.45) is 5.92 Å². The van der Waals surface area contributed by atoms with Crippen molar-refractivity contribution in [3.05, 3.63) is 20.8 Å². The van der Waals surface area contributed by atoms with Gasteiger partial charge in [-0.3, -0.25) is 4.79 Å². The fraction of sp³-hybridized carbons (Fsp3) is 0.500. The highest BCUT2D eigenvalue weighted by atomic mass is 79.9. The molecule has 0 aliphatic heterocycles. The first-order valence-corrected chi connectivity index (χ1v) is 6.20. The maximum atomic E-state index is 11.4. The van der Waals surface area contributed by atoms with E-state index in [0.717, 1.165) is 15.2 Å². The topological polar surface area (TPSA) is 29.1 Å². The summed E-state index contributed by atoms with van der Waals surface area (Å²) in [7, 11) is 0. The maximum absolute atomic E-state index is 11.4. The van der Waals surface area contributed by atoms with Crippen molar-refractivity contribution in [2.75, 3.05) is 6.54 Å². The summed E-state index contributed by atoms with van der Waals surface area (Å²) in [5.41, 5.74) is 0. The van der Waals surface area contributed by atoms with E-state index < -0.39 is 0 Å². The van der Waals surface area contributed by atoms with Crippen LogP contribution in [0.5, 0.6) is 0 Å². The van der Waals surface area contributed by atoms with Crippen molar-refractivity contribution in [2.45, 2.75) is 20.3 Å². The van der Waals surface area contributed by atoms with Gasteiger partial charge in [0, 0.05) is 11.4 Å². The van der Waals surface area contributed by atoms with E-state index in [2.05, 4.69) is 35.1 Å². The summed E-state index contributed by atoms with van der Waals surface area (Å²) >= 11 is 4.98. The van der Waals surface area contributed by atoms with Crippen molar-refractivity contribution in [1.82, 2.24) is 5.32 Å². The van der Waals surface area contributed by atoms with Crippen LogP contribution in [0.4, 0.5) is 0 Å². The first-order valence-electron chi connectivity index (χ1n) is 4.59. The van der Waals surface area contributed by atoms with E-state index >= 15 is 0 Å². The third kappa shape index (κ3) is 4.24. The Morgan fingerprint density at radius 2 is 2.29 bits per heavy atom. The second-order valence-electron chi connectivity index (χ2n) is 3.58. The molecule has 0 aliphatic carbocycles. The number of halogens is 1. The van der Waals surface area contributed by atoms with Gasteiger partial charge >= 0.3 is 0 Å². The maximum Gasteiger partial charge on any atom is 0.225 e. The molecule has 2 nitrogen and oxygen atoms in total. The Morgan fingerprint density at radius 1 is 1.57 bits per heavy atom. The predicted octanol–water partition coefficient (Wildman–Crippen LogP) is 2.83. The van der Waals surface area contributed by atoms with Gasteiger partial charge in [-0.1, -0.05) is 13.8 Å². The highest BCUT2D eigenvalue weighted by Crippen LogP contribution is 2.22. The van der Waals surface area contributed by atoms with Crippen LogP contribution in [0.3, 0.4) is 0 Å². The summed E-state index contributed by atoms with van der Waals surface area (Å²) in [4.78, 5) is 12.5. The quantitative estimate of drug-likeness (QED) is 0.900. The molecule has 78 valence electrons. The second kappa shape index (κ2) is 5.51. The van der Waals surface area contributed by atoms with Crippen LogP contribution < -0.4 is 5.32 Å². The lowest BCUT2D eigenvalue weighted by Gasteiger charge is -2.06. The van der Waals surface area contributed by atoms with E-state index in [1.165, 1.54) is 0 Å². The Bertz CT molecular complexity index is 309. The number of carbonyl (C=O) groups excluding carboxylic acids is 1. The van der Waals surface area contributed by atoms with Crippen LogP contribution in [0.15, 0.2) is 15.9 Å². The smallest absolute Gasteiger partial charge is 0.225 e. The predicted molar refractivity (Wildman–Crippen MR) is 63.6 cm³/mol. The minimum absolute atomic E-state index is 0.105. The van der Waals surface area contributed by atoms with Crippen LogP contribution in [0.2, 0.25) is 0 Å². The number of carbonyl (C=O) groups is 1. The van der Waals surface area contributed by atoms with Crippen LogP contribution in [0, 0.1) is 5.92 Å². The third-order valence-electron chi connectivity index (χ3n) is 1.67. The number of hydrogen-bond acceptors (Lipinski definition) is 2. The largest absolute Gasteiger partial charge is 0.356 e. The summed E-state index contributed by atoms with van der Waals surface area (Å²) in [6, 6.07) is 3.94. The van der Waals surface area contributed by atoms with Gasteiger partial charge in [-0.15, -0.1) is 11.3 Å². The average molecular weight is 276 g/mol. The summed E-state index contributed by atoms with van der Waals surface area (Å²) in [5.74, 6) is 0.613. The SMILES string of the molecule is CC(C)CNC(=O)Cc1ccc(Br)s1. The molecule has 0 saturated carbocycles. The number of hydrogen-bond donors (Lipinski definition) is 1. The zero-order valence-electron chi connectivity index (χ0n) is 8.34. The Labute approximate surface area is 96.8 Å². The van der Waals surface area contributed by atoms with Gasteiger partial charge in [-0.25, -0.2) is 0 Å². The molecule has 0 fully saturated rings. The molecular formula is C10H14BrNOS. The average Bonchev–Trinajstić information content (AvgIpc) is 2.48. The Kier molecular flexibility index (Phi) is 4.62. The summed E-state index contributed by atoms with van der Waals surface area (Å²) in [5, 5.41) is 2.89. The first kappa shape index (κ1) is 11.7. The van der Waals surface area contributed by atoms with E-state index in [1.807, 2.05) is 12.1 Å². The third-order valence-corrected chi connectivity index (χ3v) is 3.29. The van der Waals surface area contributed by atoms with Gasteiger partial charge in [0.25, 0.3) is 0 Å². The van der Waals surface area contributed by atoms with Crippen molar-refractivity contribution in [1.29, 1.82) is 0 Å². The van der Waals surface area contributed by atoms with E-state index in [-0.39, 0.29) is 5.91 Å². The highest BCUT2D eigenvalue weighted by Gasteiger charge is 2.05. The van der Waals surface area contributed by atoms with E-state index in [9.17, 15) is 4.79 Å². The molecule has 0 aromatic carbocycles. The molecule has 0 spiro atoms. The van der Waals surface area contributed by atoms with Gasteiger partial charge in [0.2, 0.25) is 5.91 Å². The molecule has 1 heterocycles. The van der Waals surface area contributed by atoms with Crippen LogP contribution in [-0.4, -0.2) is 12.5 Å². The van der Waals surface area contributed by atoms with E-state index in [1.54, 1.807) is 11.3 Å². The van der Waals surface area contributed by atoms with Gasteiger partial charge in [0.15, 0.2) is 0 Å². The monoisotopic (exact) mass is 275 g/mol. The molecule has 0 bridgehead atoms. The van der Waals surface area contributed by atoms with Crippen LogP contribution in [-0.2, 0) is 11.2 Å². The van der Waals surface area contributed by atoms with E-state index in [0.29, 0.717) is 12.3 Å². The Hall–Kier alpha value is -0.350. The second-order valence-corrected chi connectivity index (χ2v) is 6.13. The van der Waals surface area contributed by atoms with Gasteiger partial charge in [-0.05, 0) is 34.0 Å². The molecule has 1 amide bonds. The van der Waals surface area contributed by atoms with Gasteiger partial charge in [0.1, 0.15) is 0 Å². The van der Waals surface area contributed by atoms with Crippen molar-refractivity contribution >= 4 is 33.2 Å². The van der Waals surface area contributed by atoms with Crippen LogP contribution >= 0.6 is 27.3 Å². The molecule has 1 N–H and O–H groups in total. The standard InChI is InChI=1S/C10H14BrNOS/c1-7(2)6-12-10(13)5-8-3-4-9(11)14-8/h3-4,7H,5-6H2,1-2H3,(H,12,13). The van der Waals surface area contributed by atoms with Crippen molar-refractivity contribution in [3.8, 4) is 0 Å². The summed E-state index contributed by atoms with van der Waals surface area (Å²) < 4.78 is 1.07. The fourth-order valence-electron chi connectivity index (χ4n) is 0.985. The normalized spacial score (nSPS) is 10.6. The molecule has 0 saturated heterocycles. The minimum Gasteiger partial charge on any atom is -0.356 e. The molecule has 0 radical (unpaired) electrons. The highest BCUT2D eigenvalue weighted by molar-refractivity contribution is 9.11. The molecule has 1 aromatic rings. The fourth-order valence-corrected chi connectivity index (χ4v) is 2.47. The van der Waals surface area contributed by atoms with Crippen molar-refractivity contribution < 1.29 is 4.79 Å². The number of thiophene rings is 1. The lowest BCUT2D eigenvalue weighted by atomic mass is 10.2. The van der Waals surface area contributed by atoms with Crippen LogP contribution in [0.1, 0.15) is 18.7 Å². The number of rotatable bonds is 4. The lowest BCUT2D eigenvalue weighted by Crippen LogP contribution is -2.28. The van der Waals surface area contributed by atoms with Crippen molar-refractivity contribution in [3.63, 3.8) is 0 Å². The molecular weight excluding hydrogens is 262 g/mol. The zero-order valence-corrected chi connectivity index (χ0v) is 10.7. The Morgan fingerprint density at radius 3 is 2.79 bits per heavy atom. The van der Waals surface area contributed by atoms with Gasteiger partial charge in [-0.2, -0.15) is 0 Å². The lowest BCUT2D eigenvalue weighted by molar-refractivity contribution is -0.120. The number of nitrogens with one attached hydrogen (secondary N) is 1.